The molecule has 0 radical (unpaired) electrons. The molecule has 1 fully saturated rings. The van der Waals surface area contributed by atoms with E-state index in [1.165, 1.54) is 10.7 Å². The third kappa shape index (κ3) is 5.53. The summed E-state index contributed by atoms with van der Waals surface area (Å²) in [6, 6.07) is 6.58. The van der Waals surface area contributed by atoms with Crippen molar-refractivity contribution in [2.45, 2.75) is 69.9 Å². The van der Waals surface area contributed by atoms with Gasteiger partial charge in [0.15, 0.2) is 0 Å². The number of amides is 1. The molecule has 1 aromatic rings. The fraction of sp³-hybridized carbons (Fsp3) is 0.650. The van der Waals surface area contributed by atoms with Crippen molar-refractivity contribution >= 4 is 15.9 Å². The van der Waals surface area contributed by atoms with Crippen LogP contribution in [0, 0.1) is 5.41 Å². The molecule has 0 unspecified atom stereocenters. The van der Waals surface area contributed by atoms with Crippen molar-refractivity contribution in [3.63, 3.8) is 0 Å². The summed E-state index contributed by atoms with van der Waals surface area (Å²) < 4.78 is 26.3. The number of nitrogens with two attached hydrogens (primary N) is 1. The summed E-state index contributed by atoms with van der Waals surface area (Å²) in [5.41, 5.74) is 6.78. The third-order valence-corrected chi connectivity index (χ3v) is 7.75. The summed E-state index contributed by atoms with van der Waals surface area (Å²) in [5, 5.41) is 2.95. The Morgan fingerprint density at radius 2 is 1.78 bits per heavy atom. The van der Waals surface area contributed by atoms with Gasteiger partial charge in [0.1, 0.15) is 0 Å². The average molecular weight is 396 g/mol. The van der Waals surface area contributed by atoms with Crippen molar-refractivity contribution in [3.8, 4) is 0 Å². The summed E-state index contributed by atoms with van der Waals surface area (Å²) in [7, 11) is -1.91. The predicted molar refractivity (Wildman–Crippen MR) is 108 cm³/mol. The second-order valence-electron chi connectivity index (χ2n) is 7.98. The zero-order valence-corrected chi connectivity index (χ0v) is 17.5. The van der Waals surface area contributed by atoms with Crippen LogP contribution >= 0.6 is 0 Å². The molecule has 7 heteroatoms. The van der Waals surface area contributed by atoms with Crippen molar-refractivity contribution in [1.82, 2.24) is 9.62 Å². The number of carbonyl (C=O) groups excluding carboxylic acids is 1. The van der Waals surface area contributed by atoms with Gasteiger partial charge in [0.25, 0.3) is 0 Å². The Labute approximate surface area is 163 Å². The largest absolute Gasteiger partial charge is 0.352 e. The number of benzene rings is 1. The molecule has 152 valence electrons. The molecule has 0 heterocycles. The second kappa shape index (κ2) is 9.17. The van der Waals surface area contributed by atoms with Crippen LogP contribution in [0.15, 0.2) is 29.2 Å². The summed E-state index contributed by atoms with van der Waals surface area (Å²) in [6.07, 6.45) is 6.02. The van der Waals surface area contributed by atoms with Gasteiger partial charge in [-0.25, -0.2) is 8.42 Å². The van der Waals surface area contributed by atoms with E-state index in [0.717, 1.165) is 31.2 Å². The van der Waals surface area contributed by atoms with E-state index >= 15 is 0 Å². The highest BCUT2D eigenvalue weighted by atomic mass is 32.2. The van der Waals surface area contributed by atoms with E-state index in [9.17, 15) is 13.2 Å². The number of nitrogens with one attached hydrogen (secondary N) is 1. The fourth-order valence-corrected chi connectivity index (χ4v) is 4.95. The Bertz CT molecular complexity index is 723. The molecule has 3 N–H and O–H groups in total. The van der Waals surface area contributed by atoms with E-state index in [1.807, 2.05) is 13.8 Å². The normalized spacial score (nSPS) is 17.3. The Morgan fingerprint density at radius 3 is 2.30 bits per heavy atom. The summed E-state index contributed by atoms with van der Waals surface area (Å²) >= 11 is 0. The topological polar surface area (TPSA) is 92.5 Å². The van der Waals surface area contributed by atoms with Gasteiger partial charge >= 0.3 is 0 Å². The van der Waals surface area contributed by atoms with Crippen LogP contribution in [0.1, 0.15) is 57.9 Å². The maximum atomic E-state index is 12.5. The van der Waals surface area contributed by atoms with Gasteiger partial charge in [0.05, 0.1) is 4.90 Å². The molecule has 0 aromatic heterocycles. The Morgan fingerprint density at radius 1 is 1.19 bits per heavy atom. The van der Waals surface area contributed by atoms with Crippen LogP contribution < -0.4 is 11.1 Å². The van der Waals surface area contributed by atoms with E-state index in [1.54, 1.807) is 31.3 Å². The highest BCUT2D eigenvalue weighted by Crippen LogP contribution is 2.38. The van der Waals surface area contributed by atoms with Gasteiger partial charge in [-0.1, -0.05) is 31.4 Å². The maximum Gasteiger partial charge on any atom is 0.243 e. The Kier molecular flexibility index (Phi) is 7.42. The fourth-order valence-electron chi connectivity index (χ4n) is 3.58. The van der Waals surface area contributed by atoms with Crippen LogP contribution in [0.25, 0.3) is 0 Å². The Balaban J connectivity index is 1.94. The molecule has 0 spiro atoms. The van der Waals surface area contributed by atoms with Gasteiger partial charge in [-0.3, -0.25) is 4.79 Å². The first-order valence-corrected chi connectivity index (χ1v) is 11.2. The van der Waals surface area contributed by atoms with E-state index in [2.05, 4.69) is 5.32 Å². The smallest absolute Gasteiger partial charge is 0.243 e. The van der Waals surface area contributed by atoms with Crippen molar-refractivity contribution in [1.29, 1.82) is 0 Å². The zero-order valence-electron chi connectivity index (χ0n) is 16.7. The molecule has 1 saturated carbocycles. The SMILES string of the molecule is CC(C)N(C)S(=O)(=O)c1ccc(CNC(=O)CC2(CN)CCCCC2)cc1. The lowest BCUT2D eigenvalue weighted by Crippen LogP contribution is -2.38. The molecule has 2 rings (SSSR count). The molecular weight excluding hydrogens is 362 g/mol. The van der Waals surface area contributed by atoms with E-state index in [-0.39, 0.29) is 22.3 Å². The molecule has 0 bridgehead atoms. The zero-order chi connectivity index (χ0) is 20.1. The number of rotatable bonds is 8. The quantitative estimate of drug-likeness (QED) is 0.708. The number of nitrogens with zero attached hydrogens (tertiary/aromatic N) is 1. The van der Waals surface area contributed by atoms with Gasteiger partial charge in [0, 0.05) is 26.1 Å². The first kappa shape index (κ1) is 21.9. The van der Waals surface area contributed by atoms with Crippen LogP contribution in [0.5, 0.6) is 0 Å². The number of hydrogen-bond acceptors (Lipinski definition) is 4. The first-order valence-electron chi connectivity index (χ1n) is 9.74. The first-order chi connectivity index (χ1) is 12.7. The average Bonchev–Trinajstić information content (AvgIpc) is 2.66. The minimum atomic E-state index is -3.48. The van der Waals surface area contributed by atoms with E-state index in [4.69, 9.17) is 5.73 Å². The highest BCUT2D eigenvalue weighted by Gasteiger charge is 2.32. The molecule has 27 heavy (non-hydrogen) atoms. The second-order valence-corrected chi connectivity index (χ2v) is 9.97. The van der Waals surface area contributed by atoms with Crippen LogP contribution in [0.2, 0.25) is 0 Å². The predicted octanol–water partition coefficient (Wildman–Crippen LogP) is 2.63. The van der Waals surface area contributed by atoms with Gasteiger partial charge in [-0.2, -0.15) is 4.31 Å². The standard InChI is InChI=1S/C20H33N3O3S/c1-16(2)23(3)27(25,26)18-9-7-17(8-10-18)14-22-19(24)13-20(15-21)11-5-4-6-12-20/h7-10,16H,4-6,11-15,21H2,1-3H3,(H,22,24). The summed E-state index contributed by atoms with van der Waals surface area (Å²) in [6.45, 7) is 4.61. The van der Waals surface area contributed by atoms with Crippen molar-refractivity contribution in [2.75, 3.05) is 13.6 Å². The van der Waals surface area contributed by atoms with Crippen LogP contribution in [-0.2, 0) is 21.4 Å². The molecule has 1 aliphatic carbocycles. The minimum Gasteiger partial charge on any atom is -0.352 e. The highest BCUT2D eigenvalue weighted by molar-refractivity contribution is 7.89. The van der Waals surface area contributed by atoms with Crippen molar-refractivity contribution < 1.29 is 13.2 Å². The molecule has 1 aromatic carbocycles. The number of sulfonamides is 1. The maximum absolute atomic E-state index is 12.5. The minimum absolute atomic E-state index is 0.0126. The lowest BCUT2D eigenvalue weighted by molar-refractivity contribution is -0.124. The van der Waals surface area contributed by atoms with E-state index < -0.39 is 10.0 Å². The molecule has 1 amide bonds. The summed E-state index contributed by atoms with van der Waals surface area (Å²) in [4.78, 5) is 12.6. The number of carbonyl (C=O) groups is 1. The van der Waals surface area contributed by atoms with Gasteiger partial charge in [-0.05, 0) is 56.3 Å². The van der Waals surface area contributed by atoms with Crippen molar-refractivity contribution in [3.05, 3.63) is 29.8 Å². The summed E-state index contributed by atoms with van der Waals surface area (Å²) in [5.74, 6) is 0.0126. The third-order valence-electron chi connectivity index (χ3n) is 5.70. The molecule has 6 nitrogen and oxygen atoms in total. The lowest BCUT2D eigenvalue weighted by Gasteiger charge is -2.35. The van der Waals surface area contributed by atoms with Crippen LogP contribution in [-0.4, -0.2) is 38.3 Å². The van der Waals surface area contributed by atoms with Gasteiger partial charge < -0.3 is 11.1 Å². The molecular formula is C20H33N3O3S. The van der Waals surface area contributed by atoms with E-state index in [0.29, 0.717) is 19.5 Å². The van der Waals surface area contributed by atoms with Crippen molar-refractivity contribution in [2.24, 2.45) is 11.1 Å². The van der Waals surface area contributed by atoms with Crippen LogP contribution in [0.3, 0.4) is 0 Å². The molecule has 0 saturated heterocycles. The van der Waals surface area contributed by atoms with Crippen LogP contribution in [0.4, 0.5) is 0 Å². The molecule has 1 aliphatic rings. The lowest BCUT2D eigenvalue weighted by atomic mass is 9.71. The Hall–Kier alpha value is -1.44. The van der Waals surface area contributed by atoms with Gasteiger partial charge in [0.2, 0.25) is 15.9 Å². The molecule has 0 atom stereocenters. The molecule has 0 aliphatic heterocycles. The van der Waals surface area contributed by atoms with Gasteiger partial charge in [-0.15, -0.1) is 0 Å². The number of hydrogen-bond donors (Lipinski definition) is 2. The monoisotopic (exact) mass is 395 g/mol.